The van der Waals surface area contributed by atoms with Crippen LogP contribution < -0.4 is 5.19 Å². The zero-order valence-electron chi connectivity index (χ0n) is 11.4. The second-order valence-electron chi connectivity index (χ2n) is 5.01. The van der Waals surface area contributed by atoms with Gasteiger partial charge in [-0.2, -0.15) is 0 Å². The van der Waals surface area contributed by atoms with E-state index in [0.717, 1.165) is 0 Å². The topological polar surface area (TPSA) is 26.3 Å². The van der Waals surface area contributed by atoms with Crippen LogP contribution in [-0.2, 0) is 9.22 Å². The lowest BCUT2D eigenvalue weighted by molar-refractivity contribution is -0.131. The fraction of sp³-hybridized carbons (Fsp3) is 0.500. The van der Waals surface area contributed by atoms with Crippen LogP contribution in [0.15, 0.2) is 18.2 Å². The van der Waals surface area contributed by atoms with Crippen molar-refractivity contribution in [2.24, 2.45) is 0 Å². The maximum Gasteiger partial charge on any atom is 0.289 e. The molecule has 0 N–H and O–H groups in total. The summed E-state index contributed by atoms with van der Waals surface area (Å²) in [7, 11) is -0.934. The van der Waals surface area contributed by atoms with Gasteiger partial charge >= 0.3 is 0 Å². The van der Waals surface area contributed by atoms with Crippen LogP contribution in [-0.4, -0.2) is 15.7 Å². The van der Waals surface area contributed by atoms with Crippen LogP contribution >= 0.6 is 0 Å². The molecule has 17 heavy (non-hydrogen) atoms. The van der Waals surface area contributed by atoms with Crippen molar-refractivity contribution in [2.75, 3.05) is 0 Å². The molecule has 94 valence electrons. The quantitative estimate of drug-likeness (QED) is 0.766. The molecule has 2 nitrogen and oxygen atoms in total. The lowest BCUT2D eigenvalue weighted by Crippen LogP contribution is -2.26. The summed E-state index contributed by atoms with van der Waals surface area (Å²) < 4.78 is 5.25. The summed E-state index contributed by atoms with van der Waals surface area (Å²) in [5.41, 5.74) is 2.77. The molecule has 0 amide bonds. The Hall–Kier alpha value is -1.09. The van der Waals surface area contributed by atoms with E-state index in [1.54, 1.807) is 0 Å². The van der Waals surface area contributed by atoms with Gasteiger partial charge in [0.05, 0.1) is 0 Å². The molecule has 0 heterocycles. The Bertz CT molecular complexity index is 397. The Morgan fingerprint density at radius 1 is 1.18 bits per heavy atom. The Kier molecular flexibility index (Phi) is 4.94. The zero-order chi connectivity index (χ0) is 13.0. The normalized spacial score (nSPS) is 11.7. The second kappa shape index (κ2) is 6.01. The maximum atomic E-state index is 10.9. The predicted molar refractivity (Wildman–Crippen MR) is 74.6 cm³/mol. The first-order chi connectivity index (χ1) is 7.93. The summed E-state index contributed by atoms with van der Waals surface area (Å²) in [4.78, 5) is 10.9. The van der Waals surface area contributed by atoms with E-state index in [1.165, 1.54) is 23.2 Å². The summed E-state index contributed by atoms with van der Waals surface area (Å²) in [5.74, 6) is 0.826. The first kappa shape index (κ1) is 14.0. The van der Waals surface area contributed by atoms with E-state index in [2.05, 4.69) is 45.9 Å². The third kappa shape index (κ3) is 3.70. The van der Waals surface area contributed by atoms with Gasteiger partial charge in [0.1, 0.15) is 0 Å². The summed E-state index contributed by atoms with van der Waals surface area (Å²) in [6.45, 7) is 10.3. The average molecular weight is 250 g/mol. The second-order valence-corrected chi connectivity index (χ2v) is 6.35. The smallest absolute Gasteiger partial charge is 0.289 e. The standard InChI is InChI=1S/C14H22O2Si/c1-9(2)12-7-6-8-13(14(12)10(3)4)17-16-11(5)15/h6-10H,17H2,1-5H3. The number of hydrogen-bond acceptors (Lipinski definition) is 2. The van der Waals surface area contributed by atoms with Gasteiger partial charge in [0.25, 0.3) is 15.7 Å². The van der Waals surface area contributed by atoms with E-state index in [9.17, 15) is 4.79 Å². The fourth-order valence-electron chi connectivity index (χ4n) is 2.15. The molecule has 0 aliphatic rings. The number of carbonyl (C=O) groups excluding carboxylic acids is 1. The summed E-state index contributed by atoms with van der Waals surface area (Å²) in [6.07, 6.45) is 0. The molecular weight excluding hydrogens is 228 g/mol. The molecule has 0 atom stereocenters. The number of carbonyl (C=O) groups is 1. The zero-order valence-corrected chi connectivity index (χ0v) is 12.8. The van der Waals surface area contributed by atoms with E-state index < -0.39 is 9.76 Å². The molecule has 0 radical (unpaired) electrons. The highest BCUT2D eigenvalue weighted by molar-refractivity contribution is 6.49. The highest BCUT2D eigenvalue weighted by Crippen LogP contribution is 2.24. The molecule has 3 heteroatoms. The van der Waals surface area contributed by atoms with Crippen LogP contribution in [0.4, 0.5) is 0 Å². The number of rotatable bonds is 4. The monoisotopic (exact) mass is 250 g/mol. The Morgan fingerprint density at radius 2 is 1.82 bits per heavy atom. The summed E-state index contributed by atoms with van der Waals surface area (Å²) in [6, 6.07) is 6.37. The van der Waals surface area contributed by atoms with Crippen molar-refractivity contribution in [3.05, 3.63) is 29.3 Å². The molecule has 0 fully saturated rings. The molecule has 0 unspecified atom stereocenters. The van der Waals surface area contributed by atoms with E-state index in [-0.39, 0.29) is 5.97 Å². The van der Waals surface area contributed by atoms with Gasteiger partial charge in [0.2, 0.25) is 0 Å². The molecule has 0 aromatic heterocycles. The third-order valence-corrected chi connectivity index (χ3v) is 4.34. The van der Waals surface area contributed by atoms with Crippen LogP contribution in [0.25, 0.3) is 0 Å². The van der Waals surface area contributed by atoms with Gasteiger partial charge in [-0.15, -0.1) is 0 Å². The molecular formula is C14H22O2Si. The Morgan fingerprint density at radius 3 is 2.29 bits per heavy atom. The van der Waals surface area contributed by atoms with Crippen molar-refractivity contribution in [2.45, 2.75) is 46.5 Å². The van der Waals surface area contributed by atoms with Gasteiger partial charge in [0, 0.05) is 6.92 Å². The van der Waals surface area contributed by atoms with Crippen LogP contribution in [0.2, 0.25) is 0 Å². The van der Waals surface area contributed by atoms with Crippen molar-refractivity contribution in [1.29, 1.82) is 0 Å². The molecule has 0 saturated carbocycles. The summed E-state index contributed by atoms with van der Waals surface area (Å²) in [5, 5.41) is 1.27. The Balaban J connectivity index is 3.11. The predicted octanol–water partition coefficient (Wildman–Crippen LogP) is 2.21. The lowest BCUT2D eigenvalue weighted by atomic mass is 9.91. The molecule has 0 aliphatic heterocycles. The first-order valence-corrected chi connectivity index (χ1v) is 7.47. The summed E-state index contributed by atoms with van der Waals surface area (Å²) >= 11 is 0. The fourth-order valence-corrected chi connectivity index (χ4v) is 3.50. The van der Waals surface area contributed by atoms with Gasteiger partial charge < -0.3 is 4.43 Å². The third-order valence-electron chi connectivity index (χ3n) is 2.86. The van der Waals surface area contributed by atoms with Gasteiger partial charge in [-0.05, 0) is 28.1 Å². The van der Waals surface area contributed by atoms with Crippen molar-refractivity contribution in [3.63, 3.8) is 0 Å². The van der Waals surface area contributed by atoms with Gasteiger partial charge in [-0.3, -0.25) is 4.79 Å². The van der Waals surface area contributed by atoms with E-state index >= 15 is 0 Å². The van der Waals surface area contributed by atoms with Crippen LogP contribution in [0.1, 0.15) is 57.6 Å². The Labute approximate surface area is 106 Å². The minimum absolute atomic E-state index is 0.165. The minimum atomic E-state index is -0.934. The van der Waals surface area contributed by atoms with Gasteiger partial charge in [-0.25, -0.2) is 0 Å². The van der Waals surface area contributed by atoms with Crippen LogP contribution in [0.3, 0.4) is 0 Å². The van der Waals surface area contributed by atoms with Gasteiger partial charge in [0.15, 0.2) is 0 Å². The lowest BCUT2D eigenvalue weighted by Gasteiger charge is -2.19. The van der Waals surface area contributed by atoms with Crippen LogP contribution in [0.5, 0.6) is 0 Å². The molecule has 0 aliphatic carbocycles. The van der Waals surface area contributed by atoms with Crippen molar-refractivity contribution in [1.82, 2.24) is 0 Å². The number of benzene rings is 1. The van der Waals surface area contributed by atoms with E-state index in [0.29, 0.717) is 11.8 Å². The maximum absolute atomic E-state index is 10.9. The SMILES string of the molecule is CC(=O)O[SiH2]c1cccc(C(C)C)c1C(C)C. The molecule has 0 saturated heterocycles. The van der Waals surface area contributed by atoms with E-state index in [4.69, 9.17) is 4.43 Å². The highest BCUT2D eigenvalue weighted by atomic mass is 28.2. The van der Waals surface area contributed by atoms with Crippen molar-refractivity contribution in [3.8, 4) is 0 Å². The largest absolute Gasteiger partial charge is 0.521 e. The number of hydrogen-bond donors (Lipinski definition) is 0. The first-order valence-electron chi connectivity index (χ1n) is 6.18. The highest BCUT2D eigenvalue weighted by Gasteiger charge is 2.15. The van der Waals surface area contributed by atoms with Crippen molar-refractivity contribution < 1.29 is 9.22 Å². The van der Waals surface area contributed by atoms with Crippen molar-refractivity contribution >= 4 is 20.9 Å². The van der Waals surface area contributed by atoms with Crippen LogP contribution in [0, 0.1) is 0 Å². The molecule has 1 aromatic carbocycles. The average Bonchev–Trinajstić information content (AvgIpc) is 2.25. The molecule has 1 rings (SSSR count). The molecule has 1 aromatic rings. The minimum Gasteiger partial charge on any atom is -0.521 e. The molecule has 0 spiro atoms. The van der Waals surface area contributed by atoms with E-state index in [1.807, 2.05) is 0 Å². The van der Waals surface area contributed by atoms with Gasteiger partial charge in [-0.1, -0.05) is 45.9 Å². The molecule has 0 bridgehead atoms.